The maximum Gasteiger partial charge on any atom is 0.407 e. The molecule has 0 atom stereocenters. The number of hydrogen-bond donors (Lipinski definition) is 1. The van der Waals surface area contributed by atoms with Crippen molar-refractivity contribution in [3.63, 3.8) is 0 Å². The van der Waals surface area contributed by atoms with Crippen molar-refractivity contribution in [3.05, 3.63) is 28.2 Å². The number of nitrogens with zero attached hydrogens (tertiary/aromatic N) is 1. The van der Waals surface area contributed by atoms with Crippen LogP contribution in [0.2, 0.25) is 0 Å². The number of halogens is 1. The number of Topliss-reactive ketones (excluding diaryl/α,β-unsaturated/α-hetero) is 1. The molecule has 2 aliphatic rings. The van der Waals surface area contributed by atoms with Crippen LogP contribution in [-0.2, 0) is 0 Å². The van der Waals surface area contributed by atoms with Crippen LogP contribution in [0.4, 0.5) is 4.79 Å². The molecule has 1 fully saturated rings. The van der Waals surface area contributed by atoms with Crippen LogP contribution in [0.1, 0.15) is 16.8 Å². The summed E-state index contributed by atoms with van der Waals surface area (Å²) in [6.07, 6.45) is -0.737. The molecule has 0 aromatic heterocycles. The number of fused-ring (bicyclic) bond motifs is 1. The third-order valence-corrected chi connectivity index (χ3v) is 3.77. The molecular formula is C12H10BrNO4. The zero-order valence-corrected chi connectivity index (χ0v) is 10.9. The number of carbonyl (C=O) groups is 2. The summed E-state index contributed by atoms with van der Waals surface area (Å²) in [5.74, 6) is 0.544. The van der Waals surface area contributed by atoms with Crippen molar-refractivity contribution < 1.29 is 19.4 Å². The molecular weight excluding hydrogens is 302 g/mol. The first-order chi connectivity index (χ1) is 8.49. The summed E-state index contributed by atoms with van der Waals surface area (Å²) in [6, 6.07) is 5.28. The molecule has 0 unspecified atom stereocenters. The highest BCUT2D eigenvalue weighted by molar-refractivity contribution is 9.10. The van der Waals surface area contributed by atoms with Gasteiger partial charge in [-0.05, 0) is 18.2 Å². The van der Waals surface area contributed by atoms with Gasteiger partial charge in [0, 0.05) is 4.47 Å². The second-order valence-electron chi connectivity index (χ2n) is 4.66. The van der Waals surface area contributed by atoms with Crippen LogP contribution in [0.3, 0.4) is 0 Å². The number of ketones is 1. The monoisotopic (exact) mass is 311 g/mol. The van der Waals surface area contributed by atoms with Gasteiger partial charge in [0.2, 0.25) is 0 Å². The van der Waals surface area contributed by atoms with Crippen molar-refractivity contribution in [2.45, 2.75) is 12.0 Å². The molecule has 6 heteroatoms. The molecule has 1 saturated heterocycles. The van der Waals surface area contributed by atoms with Crippen LogP contribution < -0.4 is 4.74 Å². The van der Waals surface area contributed by atoms with Crippen LogP contribution in [-0.4, -0.2) is 40.6 Å². The highest BCUT2D eigenvalue weighted by atomic mass is 79.9. The van der Waals surface area contributed by atoms with Gasteiger partial charge in [0.05, 0.1) is 25.1 Å². The van der Waals surface area contributed by atoms with Crippen LogP contribution in [0.25, 0.3) is 0 Å². The summed E-state index contributed by atoms with van der Waals surface area (Å²) in [5, 5.41) is 8.82. The van der Waals surface area contributed by atoms with Gasteiger partial charge in [0.25, 0.3) is 0 Å². The predicted octanol–water partition coefficient (Wildman–Crippen LogP) is 2.15. The normalized spacial score (nSPS) is 20.1. The van der Waals surface area contributed by atoms with Gasteiger partial charge in [0.15, 0.2) is 11.4 Å². The average molecular weight is 312 g/mol. The number of benzene rings is 1. The Labute approximate surface area is 111 Å². The van der Waals surface area contributed by atoms with E-state index in [2.05, 4.69) is 15.9 Å². The predicted molar refractivity (Wildman–Crippen MR) is 66.0 cm³/mol. The van der Waals surface area contributed by atoms with Gasteiger partial charge in [-0.15, -0.1) is 0 Å². The molecule has 0 radical (unpaired) electrons. The standard InChI is InChI=1S/C12H10BrNO4/c13-7-1-2-10-8(3-7)9(15)4-12(18-10)5-14(6-12)11(16)17/h1-3H,4-6H2,(H,16,17). The van der Waals surface area contributed by atoms with E-state index < -0.39 is 11.7 Å². The molecule has 1 aromatic rings. The molecule has 1 amide bonds. The summed E-state index contributed by atoms with van der Waals surface area (Å²) in [6.45, 7) is 0.507. The Morgan fingerprint density at radius 3 is 2.83 bits per heavy atom. The maximum atomic E-state index is 12.1. The van der Waals surface area contributed by atoms with Crippen LogP contribution in [0.5, 0.6) is 5.75 Å². The van der Waals surface area contributed by atoms with E-state index in [1.54, 1.807) is 18.2 Å². The third-order valence-electron chi connectivity index (χ3n) is 3.28. The van der Waals surface area contributed by atoms with Crippen LogP contribution >= 0.6 is 15.9 Å². The highest BCUT2D eigenvalue weighted by Gasteiger charge is 2.51. The number of carboxylic acid groups (broad SMARTS) is 1. The summed E-state index contributed by atoms with van der Waals surface area (Å²) in [5.41, 5.74) is -0.0974. The van der Waals surface area contributed by atoms with Crippen molar-refractivity contribution in [1.82, 2.24) is 4.90 Å². The van der Waals surface area contributed by atoms with Crippen molar-refractivity contribution in [2.24, 2.45) is 0 Å². The molecule has 1 spiro atoms. The fourth-order valence-corrected chi connectivity index (χ4v) is 2.79. The van der Waals surface area contributed by atoms with Gasteiger partial charge in [0.1, 0.15) is 5.75 Å². The largest absolute Gasteiger partial charge is 0.482 e. The highest BCUT2D eigenvalue weighted by Crippen LogP contribution is 2.39. The summed E-state index contributed by atoms with van der Waals surface area (Å²) >= 11 is 3.31. The Bertz CT molecular complexity index is 551. The van der Waals surface area contributed by atoms with Crippen molar-refractivity contribution >= 4 is 27.8 Å². The van der Waals surface area contributed by atoms with E-state index in [0.29, 0.717) is 11.3 Å². The van der Waals surface area contributed by atoms with E-state index in [9.17, 15) is 9.59 Å². The lowest BCUT2D eigenvalue weighted by Crippen LogP contribution is -2.67. The molecule has 0 bridgehead atoms. The van der Waals surface area contributed by atoms with E-state index in [4.69, 9.17) is 9.84 Å². The van der Waals surface area contributed by atoms with E-state index in [1.807, 2.05) is 0 Å². The van der Waals surface area contributed by atoms with Crippen molar-refractivity contribution in [2.75, 3.05) is 13.1 Å². The van der Waals surface area contributed by atoms with Gasteiger partial charge in [-0.2, -0.15) is 0 Å². The molecule has 1 aromatic carbocycles. The summed E-state index contributed by atoms with van der Waals surface area (Å²) < 4.78 is 6.64. The minimum atomic E-state index is -0.974. The number of carbonyl (C=O) groups excluding carboxylic acids is 1. The van der Waals surface area contributed by atoms with Gasteiger partial charge in [-0.1, -0.05) is 15.9 Å². The Hall–Kier alpha value is -1.56. The molecule has 1 N–H and O–H groups in total. The molecule has 2 heterocycles. The van der Waals surface area contributed by atoms with Gasteiger partial charge in [-0.3, -0.25) is 4.79 Å². The van der Waals surface area contributed by atoms with E-state index in [1.165, 1.54) is 4.90 Å². The lowest BCUT2D eigenvalue weighted by Gasteiger charge is -2.49. The topological polar surface area (TPSA) is 66.8 Å². The zero-order valence-electron chi connectivity index (χ0n) is 9.35. The second-order valence-corrected chi connectivity index (χ2v) is 5.58. The number of likely N-dealkylation sites (tertiary alicyclic amines) is 1. The molecule has 5 nitrogen and oxygen atoms in total. The van der Waals surface area contributed by atoms with Crippen molar-refractivity contribution in [1.29, 1.82) is 0 Å². The Balaban J connectivity index is 1.87. The SMILES string of the molecule is O=C1CC2(CN(C(=O)O)C2)Oc2ccc(Br)cc21. The lowest BCUT2D eigenvalue weighted by atomic mass is 9.84. The lowest BCUT2D eigenvalue weighted by molar-refractivity contribution is -0.0684. The van der Waals surface area contributed by atoms with Gasteiger partial charge < -0.3 is 14.7 Å². The fraction of sp³-hybridized carbons (Fsp3) is 0.333. The minimum absolute atomic E-state index is 0.00240. The minimum Gasteiger partial charge on any atom is -0.482 e. The number of hydrogen-bond acceptors (Lipinski definition) is 3. The zero-order chi connectivity index (χ0) is 12.9. The third kappa shape index (κ3) is 1.68. The first-order valence-electron chi connectivity index (χ1n) is 5.49. The Morgan fingerprint density at radius 2 is 2.17 bits per heavy atom. The number of rotatable bonds is 0. The van der Waals surface area contributed by atoms with Crippen LogP contribution in [0.15, 0.2) is 22.7 Å². The van der Waals surface area contributed by atoms with Gasteiger partial charge >= 0.3 is 6.09 Å². The molecule has 3 rings (SSSR count). The number of ether oxygens (including phenoxy) is 1. The van der Waals surface area contributed by atoms with Crippen molar-refractivity contribution in [3.8, 4) is 5.75 Å². The number of amides is 1. The maximum absolute atomic E-state index is 12.1. The Kier molecular flexibility index (Phi) is 2.38. The van der Waals surface area contributed by atoms with Gasteiger partial charge in [-0.25, -0.2) is 4.79 Å². The quantitative estimate of drug-likeness (QED) is 0.797. The smallest absolute Gasteiger partial charge is 0.407 e. The van der Waals surface area contributed by atoms with E-state index >= 15 is 0 Å². The fourth-order valence-electron chi connectivity index (χ4n) is 2.43. The van der Waals surface area contributed by atoms with Crippen LogP contribution in [0, 0.1) is 0 Å². The molecule has 94 valence electrons. The first-order valence-corrected chi connectivity index (χ1v) is 6.28. The van der Waals surface area contributed by atoms with E-state index in [-0.39, 0.29) is 25.3 Å². The molecule has 0 aliphatic carbocycles. The Morgan fingerprint density at radius 1 is 1.44 bits per heavy atom. The molecule has 0 saturated carbocycles. The molecule has 18 heavy (non-hydrogen) atoms. The summed E-state index contributed by atoms with van der Waals surface area (Å²) in [7, 11) is 0. The van der Waals surface area contributed by atoms with E-state index in [0.717, 1.165) is 4.47 Å². The average Bonchev–Trinajstić information content (AvgIpc) is 2.26. The summed E-state index contributed by atoms with van der Waals surface area (Å²) in [4.78, 5) is 24.1. The first kappa shape index (κ1) is 11.5. The molecule has 2 aliphatic heterocycles. The second kappa shape index (κ2) is 3.71.